The minimum absolute atomic E-state index is 0.0402. The van der Waals surface area contributed by atoms with Crippen LogP contribution >= 0.6 is 34.4 Å². The lowest BCUT2D eigenvalue weighted by atomic mass is 9.97. The first-order valence-corrected chi connectivity index (χ1v) is 13.4. The summed E-state index contributed by atoms with van der Waals surface area (Å²) in [6.45, 7) is 3.59. The maximum atomic E-state index is 13.4. The second-order valence-electron chi connectivity index (χ2n) is 8.17. The molecule has 5 rings (SSSR count). The summed E-state index contributed by atoms with van der Waals surface area (Å²) in [7, 11) is 0. The molecule has 7 nitrogen and oxygen atoms in total. The van der Waals surface area contributed by atoms with Crippen molar-refractivity contribution in [3.8, 4) is 0 Å². The van der Waals surface area contributed by atoms with E-state index in [1.807, 2.05) is 25.1 Å². The van der Waals surface area contributed by atoms with Gasteiger partial charge in [-0.1, -0.05) is 35.2 Å². The van der Waals surface area contributed by atoms with Crippen molar-refractivity contribution in [1.82, 2.24) is 19.7 Å². The fourth-order valence-electron chi connectivity index (χ4n) is 4.07. The van der Waals surface area contributed by atoms with E-state index in [0.29, 0.717) is 22.1 Å². The van der Waals surface area contributed by atoms with Gasteiger partial charge in [-0.25, -0.2) is 4.98 Å². The van der Waals surface area contributed by atoms with Gasteiger partial charge in [0.2, 0.25) is 5.13 Å². The van der Waals surface area contributed by atoms with Crippen LogP contribution in [0.25, 0.3) is 10.2 Å². The van der Waals surface area contributed by atoms with Gasteiger partial charge in [-0.15, -0.1) is 21.5 Å². The van der Waals surface area contributed by atoms with E-state index in [1.54, 1.807) is 15.9 Å². The lowest BCUT2D eigenvalue weighted by Gasteiger charge is -2.12. The van der Waals surface area contributed by atoms with E-state index in [2.05, 4.69) is 21.6 Å². The van der Waals surface area contributed by atoms with Gasteiger partial charge in [-0.3, -0.25) is 14.2 Å². The third-order valence-corrected chi connectivity index (χ3v) is 8.69. The molecule has 1 aliphatic rings. The van der Waals surface area contributed by atoms with Gasteiger partial charge in [0.15, 0.2) is 4.34 Å². The number of anilines is 2. The molecule has 33 heavy (non-hydrogen) atoms. The van der Waals surface area contributed by atoms with Gasteiger partial charge < -0.3 is 5.32 Å². The Morgan fingerprint density at radius 2 is 2.06 bits per heavy atom. The molecule has 0 saturated heterocycles. The molecule has 0 atom stereocenters. The Hall–Kier alpha value is -2.56. The molecular formula is C23H23N5O2S3. The lowest BCUT2D eigenvalue weighted by Crippen LogP contribution is -2.28. The van der Waals surface area contributed by atoms with Gasteiger partial charge in [0.05, 0.1) is 17.7 Å². The van der Waals surface area contributed by atoms with Crippen LogP contribution in [0, 0.1) is 6.92 Å². The second-order valence-corrected chi connectivity index (χ2v) is 11.5. The van der Waals surface area contributed by atoms with E-state index in [-0.39, 0.29) is 17.9 Å². The molecule has 170 valence electrons. The summed E-state index contributed by atoms with van der Waals surface area (Å²) >= 11 is 4.56. The monoisotopic (exact) mass is 497 g/mol. The first-order valence-electron chi connectivity index (χ1n) is 10.8. The minimum Gasteiger partial charge on any atom is -0.330 e. The van der Waals surface area contributed by atoms with Crippen LogP contribution in [0.1, 0.15) is 41.6 Å². The normalized spacial score (nSPS) is 13.3. The van der Waals surface area contributed by atoms with Crippen LogP contribution in [0.15, 0.2) is 33.4 Å². The van der Waals surface area contributed by atoms with Gasteiger partial charge >= 0.3 is 0 Å². The van der Waals surface area contributed by atoms with Crippen molar-refractivity contribution in [3.63, 3.8) is 0 Å². The number of nitrogens with one attached hydrogen (secondary N) is 1. The Balaban J connectivity index is 1.41. The summed E-state index contributed by atoms with van der Waals surface area (Å²) < 4.78 is 2.33. The Labute approximate surface area is 203 Å². The molecule has 1 N–H and O–H groups in total. The van der Waals surface area contributed by atoms with Gasteiger partial charge in [0.25, 0.3) is 5.56 Å². The zero-order valence-corrected chi connectivity index (χ0v) is 20.8. The standard InChI is InChI=1S/C23H23N5O2S3/c1-13-6-5-7-15(10-13)24-22-26-27-23(33-22)31-12-18-25-20-19(21(30)28(18)11-14(2)29)16-8-3-4-9-17(16)32-20/h5-7,10H,3-4,8-9,11-12H2,1-2H3,(H,24,26). The number of hydrogen-bond donors (Lipinski definition) is 1. The third-order valence-electron chi connectivity index (χ3n) is 5.54. The molecule has 0 saturated carbocycles. The van der Waals surface area contributed by atoms with Crippen molar-refractivity contribution in [3.05, 3.63) is 56.4 Å². The number of aryl methyl sites for hydroxylation is 3. The number of benzene rings is 1. The molecule has 0 unspecified atom stereocenters. The number of thioether (sulfide) groups is 1. The molecule has 0 bridgehead atoms. The highest BCUT2D eigenvalue weighted by atomic mass is 32.2. The molecule has 3 heterocycles. The first kappa shape index (κ1) is 22.2. The summed E-state index contributed by atoms with van der Waals surface area (Å²) in [5.74, 6) is 0.990. The quantitative estimate of drug-likeness (QED) is 0.354. The van der Waals surface area contributed by atoms with E-state index in [4.69, 9.17) is 4.98 Å². The number of fused-ring (bicyclic) bond motifs is 3. The van der Waals surface area contributed by atoms with Crippen LogP contribution in [0.4, 0.5) is 10.8 Å². The maximum Gasteiger partial charge on any atom is 0.262 e. The average molecular weight is 498 g/mol. The molecule has 4 aromatic rings. The molecule has 10 heteroatoms. The van der Waals surface area contributed by atoms with Crippen LogP contribution < -0.4 is 10.9 Å². The van der Waals surface area contributed by atoms with Gasteiger partial charge in [-0.2, -0.15) is 0 Å². The number of Topliss-reactive ketones (excluding diaryl/α,β-unsaturated/α-hetero) is 1. The van der Waals surface area contributed by atoms with Crippen molar-refractivity contribution in [2.45, 2.75) is 56.2 Å². The molecule has 0 fully saturated rings. The Morgan fingerprint density at radius 3 is 2.88 bits per heavy atom. The molecule has 3 aromatic heterocycles. The molecule has 0 spiro atoms. The van der Waals surface area contributed by atoms with E-state index < -0.39 is 0 Å². The van der Waals surface area contributed by atoms with E-state index in [9.17, 15) is 9.59 Å². The largest absolute Gasteiger partial charge is 0.330 e. The number of aromatic nitrogens is 4. The predicted octanol–water partition coefficient (Wildman–Crippen LogP) is 5.12. The molecular weight excluding hydrogens is 474 g/mol. The predicted molar refractivity (Wildman–Crippen MR) is 135 cm³/mol. The van der Waals surface area contributed by atoms with Crippen molar-refractivity contribution in [1.29, 1.82) is 0 Å². The highest BCUT2D eigenvalue weighted by Crippen LogP contribution is 2.35. The number of carbonyl (C=O) groups is 1. The number of thiophene rings is 1. The third kappa shape index (κ3) is 4.73. The number of carbonyl (C=O) groups excluding carboxylic acids is 1. The molecule has 0 radical (unpaired) electrons. The second kappa shape index (κ2) is 9.36. The Bertz CT molecular complexity index is 1410. The molecule has 0 amide bonds. The fourth-order valence-corrected chi connectivity index (χ4v) is 7.06. The summed E-state index contributed by atoms with van der Waals surface area (Å²) in [5.41, 5.74) is 3.18. The van der Waals surface area contributed by atoms with Crippen molar-refractivity contribution in [2.75, 3.05) is 5.32 Å². The van der Waals surface area contributed by atoms with Crippen molar-refractivity contribution >= 4 is 61.3 Å². The number of rotatable bonds is 7. The average Bonchev–Trinajstić information content (AvgIpc) is 3.38. The van der Waals surface area contributed by atoms with Gasteiger partial charge in [0.1, 0.15) is 16.4 Å². The highest BCUT2D eigenvalue weighted by Gasteiger charge is 2.22. The van der Waals surface area contributed by atoms with E-state index in [0.717, 1.165) is 46.1 Å². The van der Waals surface area contributed by atoms with Crippen molar-refractivity contribution in [2.24, 2.45) is 0 Å². The Kier molecular flexibility index (Phi) is 6.31. The van der Waals surface area contributed by atoms with Crippen molar-refractivity contribution < 1.29 is 4.79 Å². The zero-order valence-electron chi connectivity index (χ0n) is 18.4. The van der Waals surface area contributed by atoms with E-state index in [1.165, 1.54) is 40.5 Å². The summed E-state index contributed by atoms with van der Waals surface area (Å²) in [6, 6.07) is 8.07. The number of hydrogen-bond acceptors (Lipinski definition) is 9. The first-order chi connectivity index (χ1) is 16.0. The fraction of sp³-hybridized carbons (Fsp3) is 0.348. The maximum absolute atomic E-state index is 13.4. The number of ketones is 1. The lowest BCUT2D eigenvalue weighted by molar-refractivity contribution is -0.117. The summed E-state index contributed by atoms with van der Waals surface area (Å²) in [4.78, 5) is 32.2. The summed E-state index contributed by atoms with van der Waals surface area (Å²) in [6.07, 6.45) is 4.18. The number of nitrogens with zero attached hydrogens (tertiary/aromatic N) is 4. The zero-order chi connectivity index (χ0) is 22.9. The smallest absolute Gasteiger partial charge is 0.262 e. The Morgan fingerprint density at radius 1 is 1.21 bits per heavy atom. The SMILES string of the molecule is CC(=O)Cn1c(CSc2nnc(Nc3cccc(C)c3)s2)nc2sc3c(c2c1=O)CCCC3. The van der Waals surface area contributed by atoms with Crippen LogP contribution in [0.5, 0.6) is 0 Å². The van der Waals surface area contributed by atoms with Gasteiger partial charge in [-0.05, 0) is 62.8 Å². The molecule has 1 aromatic carbocycles. The highest BCUT2D eigenvalue weighted by molar-refractivity contribution is 8.00. The minimum atomic E-state index is -0.0933. The van der Waals surface area contributed by atoms with Crippen LogP contribution in [0.2, 0.25) is 0 Å². The van der Waals surface area contributed by atoms with Crippen LogP contribution in [0.3, 0.4) is 0 Å². The summed E-state index contributed by atoms with van der Waals surface area (Å²) in [5, 5.41) is 13.2. The molecule has 1 aliphatic carbocycles. The van der Waals surface area contributed by atoms with Gasteiger partial charge in [0, 0.05) is 10.6 Å². The van der Waals surface area contributed by atoms with Crippen LogP contribution in [-0.4, -0.2) is 25.5 Å². The molecule has 0 aliphatic heterocycles. The van der Waals surface area contributed by atoms with Crippen LogP contribution in [-0.2, 0) is 29.9 Å². The topological polar surface area (TPSA) is 89.8 Å². The van der Waals surface area contributed by atoms with E-state index >= 15 is 0 Å².